The largest absolute Gasteiger partial charge is 0.463 e. The van der Waals surface area contributed by atoms with E-state index >= 15 is 0 Å². The van der Waals surface area contributed by atoms with Crippen LogP contribution in [-0.2, 0) is 40.0 Å². The quantitative estimate of drug-likeness (QED) is 0.136. The van der Waals surface area contributed by atoms with Crippen molar-refractivity contribution in [3.05, 3.63) is 70.8 Å². The lowest BCUT2D eigenvalue weighted by atomic mass is 9.96. The first-order chi connectivity index (χ1) is 20.1. The number of rotatable bonds is 11. The molecule has 3 amide bonds. The molecule has 0 aromatic heterocycles. The predicted molar refractivity (Wildman–Crippen MR) is 153 cm³/mol. The first-order valence-corrected chi connectivity index (χ1v) is 13.6. The van der Waals surface area contributed by atoms with Gasteiger partial charge in [0.1, 0.15) is 6.61 Å². The Morgan fingerprint density at radius 2 is 1.62 bits per heavy atom. The van der Waals surface area contributed by atoms with Crippen LogP contribution in [0.2, 0.25) is 0 Å². The fourth-order valence-electron chi connectivity index (χ4n) is 4.03. The molecule has 42 heavy (non-hydrogen) atoms. The van der Waals surface area contributed by atoms with Gasteiger partial charge in [0.25, 0.3) is 17.7 Å². The lowest BCUT2D eigenvalue weighted by Gasteiger charge is -2.36. The maximum Gasteiger partial charge on any atom is 0.302 e. The van der Waals surface area contributed by atoms with E-state index in [0.29, 0.717) is 31.8 Å². The Morgan fingerprint density at radius 1 is 0.976 bits per heavy atom. The number of hydrogen-bond acceptors (Lipinski definition) is 8. The highest BCUT2D eigenvalue weighted by molar-refractivity contribution is 6.12. The maximum absolute atomic E-state index is 13.3. The molecule has 0 aliphatic carbocycles. The van der Waals surface area contributed by atoms with Crippen molar-refractivity contribution in [3.8, 4) is 11.8 Å². The van der Waals surface area contributed by atoms with E-state index in [0.717, 1.165) is 28.9 Å². The number of carbonyl (C=O) groups excluding carboxylic acids is 4. The minimum absolute atomic E-state index is 0.216. The summed E-state index contributed by atoms with van der Waals surface area (Å²) in [4.78, 5) is 56.4. The molecule has 2 aromatic carbocycles. The summed E-state index contributed by atoms with van der Waals surface area (Å²) < 4.78 is 15.8. The molecular formula is C31H37N3O8. The molecule has 2 N–H and O–H groups in total. The standard InChI is InChI=1S/C31H37N3O8/c1-22(35)40-20-19-39-21-25-12-10-23(11-13-25)8-9-24-14-16-26(17-15-24)28(36)34(4)31(2,29(37)32-3)30(38)33-42-27-7-5-6-18-41-27/h10-17,27H,5-7,18-21H2,1-4H3,(H,32,37)(H,33,38)/t27?,31-/m0/s1. The molecule has 11 heteroatoms. The number of esters is 1. The number of amides is 3. The summed E-state index contributed by atoms with van der Waals surface area (Å²) >= 11 is 0. The summed E-state index contributed by atoms with van der Waals surface area (Å²) in [5.74, 6) is 3.79. The summed E-state index contributed by atoms with van der Waals surface area (Å²) in [6.45, 7) is 4.15. The van der Waals surface area contributed by atoms with Crippen LogP contribution in [0.1, 0.15) is 60.2 Å². The Hall–Kier alpha value is -4.24. The summed E-state index contributed by atoms with van der Waals surface area (Å²) in [5.41, 5.74) is 3.12. The molecule has 1 saturated heterocycles. The van der Waals surface area contributed by atoms with Gasteiger partial charge in [-0.1, -0.05) is 24.0 Å². The SMILES string of the molecule is CNC(=O)[C@@](C)(C(=O)NOC1CCCCO1)N(C)C(=O)c1ccc(C#Cc2ccc(COCCOC(C)=O)cc2)cc1. The fraction of sp³-hybridized carbons (Fsp3) is 0.419. The molecule has 2 aromatic rings. The molecule has 1 aliphatic heterocycles. The van der Waals surface area contributed by atoms with Gasteiger partial charge in [-0.05, 0) is 61.7 Å². The van der Waals surface area contributed by atoms with Crippen molar-refractivity contribution in [2.24, 2.45) is 0 Å². The van der Waals surface area contributed by atoms with Gasteiger partial charge in [0.15, 0.2) is 11.8 Å². The van der Waals surface area contributed by atoms with Gasteiger partial charge in [-0.3, -0.25) is 19.2 Å². The van der Waals surface area contributed by atoms with E-state index in [1.807, 2.05) is 24.3 Å². The second-order valence-electron chi connectivity index (χ2n) is 9.78. The van der Waals surface area contributed by atoms with Crippen LogP contribution in [0, 0.1) is 11.8 Å². The Bertz CT molecular complexity index is 1290. The van der Waals surface area contributed by atoms with Gasteiger partial charge >= 0.3 is 5.97 Å². The average molecular weight is 580 g/mol. The molecular weight excluding hydrogens is 542 g/mol. The van der Waals surface area contributed by atoms with E-state index in [1.54, 1.807) is 24.3 Å². The zero-order valence-electron chi connectivity index (χ0n) is 24.4. The van der Waals surface area contributed by atoms with Gasteiger partial charge in [-0.25, -0.2) is 10.3 Å². The zero-order valence-corrected chi connectivity index (χ0v) is 24.4. The Morgan fingerprint density at radius 3 is 2.19 bits per heavy atom. The topological polar surface area (TPSA) is 132 Å². The fourth-order valence-corrected chi connectivity index (χ4v) is 4.03. The molecule has 0 bridgehead atoms. The van der Waals surface area contributed by atoms with Crippen LogP contribution >= 0.6 is 0 Å². The summed E-state index contributed by atoms with van der Waals surface area (Å²) in [7, 11) is 2.77. The van der Waals surface area contributed by atoms with Crippen molar-refractivity contribution in [2.45, 2.75) is 51.5 Å². The minimum atomic E-state index is -1.89. The Labute approximate surface area is 245 Å². The Balaban J connectivity index is 1.61. The monoisotopic (exact) mass is 579 g/mol. The van der Waals surface area contributed by atoms with Crippen LogP contribution in [0.4, 0.5) is 0 Å². The highest BCUT2D eigenvalue weighted by Crippen LogP contribution is 2.20. The van der Waals surface area contributed by atoms with E-state index in [4.69, 9.17) is 19.0 Å². The predicted octanol–water partition coefficient (Wildman–Crippen LogP) is 2.32. The van der Waals surface area contributed by atoms with Crippen molar-refractivity contribution in [2.75, 3.05) is 33.9 Å². The number of hydroxylamine groups is 1. The smallest absolute Gasteiger partial charge is 0.302 e. The molecule has 224 valence electrons. The third-order valence-corrected chi connectivity index (χ3v) is 6.75. The van der Waals surface area contributed by atoms with Crippen LogP contribution in [0.15, 0.2) is 48.5 Å². The molecule has 1 unspecified atom stereocenters. The number of nitrogens with zero attached hydrogens (tertiary/aromatic N) is 1. The van der Waals surface area contributed by atoms with Crippen LogP contribution in [0.5, 0.6) is 0 Å². The number of nitrogens with one attached hydrogen (secondary N) is 2. The van der Waals surface area contributed by atoms with E-state index in [9.17, 15) is 19.2 Å². The molecule has 0 radical (unpaired) electrons. The number of carbonyl (C=O) groups is 4. The first kappa shape index (κ1) is 32.3. The molecule has 0 spiro atoms. The van der Waals surface area contributed by atoms with Gasteiger partial charge < -0.3 is 24.4 Å². The van der Waals surface area contributed by atoms with Crippen molar-refractivity contribution in [3.63, 3.8) is 0 Å². The molecule has 1 aliphatic rings. The lowest BCUT2D eigenvalue weighted by molar-refractivity contribution is -0.204. The van der Waals surface area contributed by atoms with Crippen LogP contribution in [0.25, 0.3) is 0 Å². The van der Waals surface area contributed by atoms with Crippen molar-refractivity contribution in [1.29, 1.82) is 0 Å². The third kappa shape index (κ3) is 8.88. The van der Waals surface area contributed by atoms with E-state index < -0.39 is 29.6 Å². The van der Waals surface area contributed by atoms with Gasteiger partial charge in [-0.15, -0.1) is 0 Å². The summed E-state index contributed by atoms with van der Waals surface area (Å²) in [6, 6.07) is 14.1. The van der Waals surface area contributed by atoms with Crippen LogP contribution in [0.3, 0.4) is 0 Å². The number of likely N-dealkylation sites (N-methyl/N-ethyl adjacent to an activating group) is 2. The van der Waals surface area contributed by atoms with Gasteiger partial charge in [0.2, 0.25) is 0 Å². The van der Waals surface area contributed by atoms with Gasteiger partial charge in [-0.2, -0.15) is 0 Å². The molecule has 1 heterocycles. The van der Waals surface area contributed by atoms with Crippen molar-refractivity contribution < 1.29 is 38.2 Å². The second-order valence-corrected chi connectivity index (χ2v) is 9.78. The van der Waals surface area contributed by atoms with Crippen molar-refractivity contribution >= 4 is 23.7 Å². The highest BCUT2D eigenvalue weighted by atomic mass is 16.8. The van der Waals surface area contributed by atoms with E-state index in [1.165, 1.54) is 27.9 Å². The summed E-state index contributed by atoms with van der Waals surface area (Å²) in [6.07, 6.45) is 1.82. The van der Waals surface area contributed by atoms with Gasteiger partial charge in [0, 0.05) is 50.7 Å². The highest BCUT2D eigenvalue weighted by Gasteiger charge is 2.47. The molecule has 2 atom stereocenters. The number of hydrogen-bond donors (Lipinski definition) is 2. The number of benzene rings is 2. The molecule has 1 fully saturated rings. The third-order valence-electron chi connectivity index (χ3n) is 6.75. The zero-order chi connectivity index (χ0) is 30.5. The van der Waals surface area contributed by atoms with Crippen LogP contribution < -0.4 is 10.8 Å². The summed E-state index contributed by atoms with van der Waals surface area (Å²) in [5, 5.41) is 2.45. The van der Waals surface area contributed by atoms with Gasteiger partial charge in [0.05, 0.1) is 13.2 Å². The average Bonchev–Trinajstić information content (AvgIpc) is 3.02. The second kappa shape index (κ2) is 15.7. The van der Waals surface area contributed by atoms with E-state index in [-0.39, 0.29) is 18.1 Å². The maximum atomic E-state index is 13.3. The van der Waals surface area contributed by atoms with E-state index in [2.05, 4.69) is 22.6 Å². The van der Waals surface area contributed by atoms with Crippen molar-refractivity contribution in [1.82, 2.24) is 15.7 Å². The Kier molecular flexibility index (Phi) is 12.0. The molecule has 11 nitrogen and oxygen atoms in total. The first-order valence-electron chi connectivity index (χ1n) is 13.6. The molecule has 0 saturated carbocycles. The lowest BCUT2D eigenvalue weighted by Crippen LogP contribution is -2.65. The van der Waals surface area contributed by atoms with Crippen LogP contribution in [-0.4, -0.2) is 74.3 Å². The number of ether oxygens (including phenoxy) is 3. The normalized spacial score (nSPS) is 15.8. The molecule has 3 rings (SSSR count). The minimum Gasteiger partial charge on any atom is -0.463 e.